The Bertz CT molecular complexity index is 406. The van der Waals surface area contributed by atoms with Crippen LogP contribution in [0.3, 0.4) is 0 Å². The second-order valence-electron chi connectivity index (χ2n) is 5.14. The summed E-state index contributed by atoms with van der Waals surface area (Å²) < 4.78 is 7.43. The van der Waals surface area contributed by atoms with E-state index in [1.807, 2.05) is 20.0 Å². The van der Waals surface area contributed by atoms with Crippen molar-refractivity contribution in [3.63, 3.8) is 0 Å². The van der Waals surface area contributed by atoms with Crippen molar-refractivity contribution in [2.24, 2.45) is 7.05 Å². The largest absolute Gasteiger partial charge is 0.378 e. The summed E-state index contributed by atoms with van der Waals surface area (Å²) in [7, 11) is 1.89. The zero-order valence-corrected chi connectivity index (χ0v) is 11.3. The minimum atomic E-state index is 0.284. The molecule has 0 spiro atoms. The SMILES string of the molecule is Cc1cc(CC(=O)CCC2CCCCO2)n(C)n1. The first-order valence-electron chi connectivity index (χ1n) is 6.78. The molecule has 1 aromatic rings. The van der Waals surface area contributed by atoms with Crippen molar-refractivity contribution >= 4 is 5.78 Å². The summed E-state index contributed by atoms with van der Waals surface area (Å²) in [4.78, 5) is 11.9. The fourth-order valence-electron chi connectivity index (χ4n) is 2.48. The van der Waals surface area contributed by atoms with Gasteiger partial charge in [0.2, 0.25) is 0 Å². The minimum absolute atomic E-state index is 0.284. The van der Waals surface area contributed by atoms with Crippen LogP contribution in [0.5, 0.6) is 0 Å². The van der Waals surface area contributed by atoms with E-state index in [2.05, 4.69) is 5.10 Å². The summed E-state index contributed by atoms with van der Waals surface area (Å²) in [5.41, 5.74) is 1.97. The molecule has 1 atom stereocenters. The van der Waals surface area contributed by atoms with E-state index < -0.39 is 0 Å². The van der Waals surface area contributed by atoms with Crippen LogP contribution >= 0.6 is 0 Å². The molecule has 1 aromatic heterocycles. The Morgan fingerprint density at radius 2 is 2.39 bits per heavy atom. The van der Waals surface area contributed by atoms with E-state index in [0.29, 0.717) is 18.9 Å². The standard InChI is InChI=1S/C14H22N2O2/c1-11-9-12(16(2)15-11)10-13(17)6-7-14-5-3-4-8-18-14/h9,14H,3-8,10H2,1-2H3. The lowest BCUT2D eigenvalue weighted by Gasteiger charge is -2.22. The van der Waals surface area contributed by atoms with Gasteiger partial charge in [0, 0.05) is 32.2 Å². The van der Waals surface area contributed by atoms with Gasteiger partial charge in [0.25, 0.3) is 0 Å². The zero-order chi connectivity index (χ0) is 13.0. The predicted molar refractivity (Wildman–Crippen MR) is 69.5 cm³/mol. The first-order valence-corrected chi connectivity index (χ1v) is 6.78. The van der Waals surface area contributed by atoms with Crippen LogP contribution in [0.15, 0.2) is 6.07 Å². The highest BCUT2D eigenvalue weighted by atomic mass is 16.5. The summed E-state index contributed by atoms with van der Waals surface area (Å²) in [6.45, 7) is 2.81. The number of hydrogen-bond donors (Lipinski definition) is 0. The minimum Gasteiger partial charge on any atom is -0.378 e. The maximum absolute atomic E-state index is 11.9. The number of carbonyl (C=O) groups is 1. The smallest absolute Gasteiger partial charge is 0.138 e. The van der Waals surface area contributed by atoms with Crippen LogP contribution in [-0.4, -0.2) is 28.3 Å². The van der Waals surface area contributed by atoms with Gasteiger partial charge in [-0.1, -0.05) is 0 Å². The van der Waals surface area contributed by atoms with Crippen LogP contribution in [0.4, 0.5) is 0 Å². The quantitative estimate of drug-likeness (QED) is 0.804. The fourth-order valence-corrected chi connectivity index (χ4v) is 2.48. The van der Waals surface area contributed by atoms with Crippen LogP contribution in [0.1, 0.15) is 43.5 Å². The van der Waals surface area contributed by atoms with Crippen LogP contribution in [0.25, 0.3) is 0 Å². The van der Waals surface area contributed by atoms with Crippen molar-refractivity contribution in [2.75, 3.05) is 6.61 Å². The van der Waals surface area contributed by atoms with Crippen molar-refractivity contribution < 1.29 is 9.53 Å². The molecule has 0 amide bonds. The molecule has 0 saturated carbocycles. The van der Waals surface area contributed by atoms with Crippen LogP contribution in [0.2, 0.25) is 0 Å². The molecule has 0 bridgehead atoms. The lowest BCUT2D eigenvalue weighted by molar-refractivity contribution is -0.119. The van der Waals surface area contributed by atoms with E-state index in [-0.39, 0.29) is 5.78 Å². The molecule has 0 N–H and O–H groups in total. The number of nitrogens with zero attached hydrogens (tertiary/aromatic N) is 2. The van der Waals surface area contributed by atoms with Crippen LogP contribution < -0.4 is 0 Å². The summed E-state index contributed by atoms with van der Waals surface area (Å²) in [6, 6.07) is 1.98. The topological polar surface area (TPSA) is 44.1 Å². The van der Waals surface area contributed by atoms with Crippen molar-refractivity contribution in [2.45, 2.75) is 51.6 Å². The van der Waals surface area contributed by atoms with E-state index in [9.17, 15) is 4.79 Å². The zero-order valence-electron chi connectivity index (χ0n) is 11.3. The Kier molecular flexibility index (Phi) is 4.53. The van der Waals surface area contributed by atoms with Gasteiger partial charge in [0.1, 0.15) is 5.78 Å². The van der Waals surface area contributed by atoms with Crippen LogP contribution in [0, 0.1) is 6.92 Å². The van der Waals surface area contributed by atoms with Gasteiger partial charge in [0.15, 0.2) is 0 Å². The van der Waals surface area contributed by atoms with Gasteiger partial charge in [0.05, 0.1) is 11.8 Å². The van der Waals surface area contributed by atoms with E-state index in [0.717, 1.165) is 30.8 Å². The van der Waals surface area contributed by atoms with E-state index in [4.69, 9.17) is 4.74 Å². The predicted octanol–water partition coefficient (Wildman–Crippen LogP) is 2.19. The van der Waals surface area contributed by atoms with Gasteiger partial charge in [-0.25, -0.2) is 0 Å². The molecule has 1 unspecified atom stereocenters. The van der Waals surface area contributed by atoms with Gasteiger partial charge in [-0.2, -0.15) is 5.10 Å². The highest BCUT2D eigenvalue weighted by molar-refractivity contribution is 5.80. The lowest BCUT2D eigenvalue weighted by atomic mass is 10.0. The molecule has 18 heavy (non-hydrogen) atoms. The molecular weight excluding hydrogens is 228 g/mol. The Morgan fingerprint density at radius 3 is 3.00 bits per heavy atom. The third-order valence-electron chi connectivity index (χ3n) is 3.50. The molecule has 100 valence electrons. The first kappa shape index (κ1) is 13.3. The molecule has 4 nitrogen and oxygen atoms in total. The number of carbonyl (C=O) groups excluding carboxylic acids is 1. The van der Waals surface area contributed by atoms with Gasteiger partial charge in [-0.05, 0) is 38.7 Å². The molecule has 1 fully saturated rings. The summed E-state index contributed by atoms with van der Waals surface area (Å²) in [5, 5.41) is 4.25. The van der Waals surface area contributed by atoms with Crippen molar-refractivity contribution in [3.8, 4) is 0 Å². The van der Waals surface area contributed by atoms with Gasteiger partial charge in [-0.15, -0.1) is 0 Å². The Labute approximate surface area is 108 Å². The second kappa shape index (κ2) is 6.14. The molecule has 0 radical (unpaired) electrons. The number of aromatic nitrogens is 2. The number of aryl methyl sites for hydroxylation is 2. The number of hydrogen-bond acceptors (Lipinski definition) is 3. The third kappa shape index (κ3) is 3.67. The Morgan fingerprint density at radius 1 is 1.56 bits per heavy atom. The number of ether oxygens (including phenoxy) is 1. The maximum Gasteiger partial charge on any atom is 0.138 e. The highest BCUT2D eigenvalue weighted by Crippen LogP contribution is 2.17. The Hall–Kier alpha value is -1.16. The summed E-state index contributed by atoms with van der Waals surface area (Å²) >= 11 is 0. The molecule has 4 heteroatoms. The van der Waals surface area contributed by atoms with Crippen molar-refractivity contribution in [1.82, 2.24) is 9.78 Å². The van der Waals surface area contributed by atoms with Crippen molar-refractivity contribution in [1.29, 1.82) is 0 Å². The first-order chi connectivity index (χ1) is 8.65. The van der Waals surface area contributed by atoms with E-state index in [1.54, 1.807) is 4.68 Å². The van der Waals surface area contributed by atoms with Crippen molar-refractivity contribution in [3.05, 3.63) is 17.5 Å². The lowest BCUT2D eigenvalue weighted by Crippen LogP contribution is -2.20. The Balaban J connectivity index is 1.76. The number of rotatable bonds is 5. The van der Waals surface area contributed by atoms with Gasteiger partial charge in [-0.3, -0.25) is 9.48 Å². The van der Waals surface area contributed by atoms with Gasteiger partial charge >= 0.3 is 0 Å². The van der Waals surface area contributed by atoms with E-state index >= 15 is 0 Å². The monoisotopic (exact) mass is 250 g/mol. The van der Waals surface area contributed by atoms with Crippen LogP contribution in [-0.2, 0) is 23.0 Å². The molecule has 0 aromatic carbocycles. The molecule has 0 aliphatic carbocycles. The molecule has 1 aliphatic rings. The summed E-state index contributed by atoms with van der Waals surface area (Å²) in [5.74, 6) is 0.284. The molecule has 1 aliphatic heterocycles. The fraction of sp³-hybridized carbons (Fsp3) is 0.714. The molecule has 1 saturated heterocycles. The third-order valence-corrected chi connectivity index (χ3v) is 3.50. The maximum atomic E-state index is 11.9. The molecule has 2 heterocycles. The average Bonchev–Trinajstić information content (AvgIpc) is 2.67. The number of ketones is 1. The molecule has 2 rings (SSSR count). The average molecular weight is 250 g/mol. The molecular formula is C14H22N2O2. The second-order valence-corrected chi connectivity index (χ2v) is 5.14. The number of Topliss-reactive ketones (excluding diaryl/α,β-unsaturated/α-hetero) is 1. The summed E-state index contributed by atoms with van der Waals surface area (Å²) in [6.07, 6.45) is 5.79. The highest BCUT2D eigenvalue weighted by Gasteiger charge is 2.16. The normalized spacial score (nSPS) is 20.0. The van der Waals surface area contributed by atoms with E-state index in [1.165, 1.54) is 12.8 Å². The van der Waals surface area contributed by atoms with Gasteiger partial charge < -0.3 is 4.74 Å².